The van der Waals surface area contributed by atoms with Gasteiger partial charge >= 0.3 is 0 Å². The second kappa shape index (κ2) is 9.88. The molecule has 0 aliphatic carbocycles. The van der Waals surface area contributed by atoms with Crippen molar-refractivity contribution in [2.45, 2.75) is 51.4 Å². The SMILES string of the molecule is BrCCCCCCCCCCOc1ccc2occc2c1. The fourth-order valence-corrected chi connectivity index (χ4v) is 2.88. The zero-order chi connectivity index (χ0) is 14.8. The van der Waals surface area contributed by atoms with E-state index < -0.39 is 0 Å². The van der Waals surface area contributed by atoms with Gasteiger partial charge in [-0.2, -0.15) is 0 Å². The van der Waals surface area contributed by atoms with Gasteiger partial charge in [0.1, 0.15) is 11.3 Å². The maximum atomic E-state index is 5.80. The Hall–Kier alpha value is -0.960. The monoisotopic (exact) mass is 352 g/mol. The van der Waals surface area contributed by atoms with E-state index in [2.05, 4.69) is 15.9 Å². The molecule has 0 saturated heterocycles. The van der Waals surface area contributed by atoms with Gasteiger partial charge in [0.2, 0.25) is 0 Å². The van der Waals surface area contributed by atoms with Crippen LogP contribution in [0.5, 0.6) is 5.75 Å². The van der Waals surface area contributed by atoms with E-state index in [1.807, 2.05) is 24.3 Å². The minimum absolute atomic E-state index is 0.812. The molecular weight excluding hydrogens is 328 g/mol. The molecule has 0 amide bonds. The lowest BCUT2D eigenvalue weighted by Gasteiger charge is -2.06. The molecule has 21 heavy (non-hydrogen) atoms. The molecule has 0 aliphatic rings. The summed E-state index contributed by atoms with van der Waals surface area (Å²) in [5, 5.41) is 2.26. The van der Waals surface area contributed by atoms with Crippen LogP contribution in [0, 0.1) is 0 Å². The van der Waals surface area contributed by atoms with Crippen LogP contribution in [-0.2, 0) is 0 Å². The van der Waals surface area contributed by atoms with E-state index in [1.54, 1.807) is 6.26 Å². The highest BCUT2D eigenvalue weighted by Crippen LogP contribution is 2.21. The molecule has 1 aromatic carbocycles. The Kier molecular flexibility index (Phi) is 7.72. The minimum atomic E-state index is 0.812. The van der Waals surface area contributed by atoms with Crippen LogP contribution in [0.25, 0.3) is 11.0 Å². The van der Waals surface area contributed by atoms with Gasteiger partial charge in [-0.1, -0.05) is 54.5 Å². The number of alkyl halides is 1. The zero-order valence-electron chi connectivity index (χ0n) is 12.7. The molecule has 0 atom stereocenters. The molecule has 0 unspecified atom stereocenters. The highest BCUT2D eigenvalue weighted by molar-refractivity contribution is 9.09. The van der Waals surface area contributed by atoms with Crippen molar-refractivity contribution >= 4 is 26.9 Å². The van der Waals surface area contributed by atoms with E-state index in [9.17, 15) is 0 Å². The van der Waals surface area contributed by atoms with Gasteiger partial charge in [-0.15, -0.1) is 0 Å². The molecule has 3 heteroatoms. The van der Waals surface area contributed by atoms with Crippen molar-refractivity contribution in [1.82, 2.24) is 0 Å². The van der Waals surface area contributed by atoms with Crippen molar-refractivity contribution in [2.24, 2.45) is 0 Å². The number of hydrogen-bond donors (Lipinski definition) is 0. The molecule has 116 valence electrons. The molecule has 0 radical (unpaired) electrons. The van der Waals surface area contributed by atoms with Crippen LogP contribution in [-0.4, -0.2) is 11.9 Å². The quantitative estimate of drug-likeness (QED) is 0.348. The molecule has 0 spiro atoms. The second-order valence-electron chi connectivity index (χ2n) is 5.49. The van der Waals surface area contributed by atoms with E-state index in [4.69, 9.17) is 9.15 Å². The van der Waals surface area contributed by atoms with E-state index in [0.29, 0.717) is 0 Å². The van der Waals surface area contributed by atoms with Crippen LogP contribution in [0.15, 0.2) is 34.9 Å². The van der Waals surface area contributed by atoms with E-state index in [0.717, 1.165) is 35.1 Å². The summed E-state index contributed by atoms with van der Waals surface area (Å²) in [7, 11) is 0. The van der Waals surface area contributed by atoms with Crippen molar-refractivity contribution in [3.8, 4) is 5.75 Å². The average molecular weight is 353 g/mol. The summed E-state index contributed by atoms with van der Waals surface area (Å²) in [6.07, 6.45) is 12.3. The molecule has 0 fully saturated rings. The van der Waals surface area contributed by atoms with Gasteiger partial charge in [0, 0.05) is 10.7 Å². The number of fused-ring (bicyclic) bond motifs is 1. The first kappa shape index (κ1) is 16.4. The summed E-state index contributed by atoms with van der Waals surface area (Å²) < 4.78 is 11.1. The molecular formula is C18H25BrO2. The molecule has 2 nitrogen and oxygen atoms in total. The van der Waals surface area contributed by atoms with Crippen LogP contribution in [0.2, 0.25) is 0 Å². The molecule has 1 aromatic heterocycles. The lowest BCUT2D eigenvalue weighted by molar-refractivity contribution is 0.304. The molecule has 0 bridgehead atoms. The topological polar surface area (TPSA) is 22.4 Å². The summed E-state index contributed by atoms with van der Waals surface area (Å²) in [4.78, 5) is 0. The summed E-state index contributed by atoms with van der Waals surface area (Å²) in [6.45, 7) is 0.812. The third-order valence-corrected chi connectivity index (χ3v) is 4.28. The lowest BCUT2D eigenvalue weighted by atomic mass is 10.1. The van der Waals surface area contributed by atoms with Gasteiger partial charge in [-0.3, -0.25) is 0 Å². The van der Waals surface area contributed by atoms with E-state index in [-0.39, 0.29) is 0 Å². The minimum Gasteiger partial charge on any atom is -0.494 e. The van der Waals surface area contributed by atoms with Crippen molar-refractivity contribution in [3.63, 3.8) is 0 Å². The maximum absolute atomic E-state index is 5.80. The zero-order valence-corrected chi connectivity index (χ0v) is 14.2. The Morgan fingerprint density at radius 1 is 0.857 bits per heavy atom. The smallest absolute Gasteiger partial charge is 0.134 e. The summed E-state index contributed by atoms with van der Waals surface area (Å²) in [5.41, 5.74) is 0.919. The Morgan fingerprint density at radius 3 is 2.33 bits per heavy atom. The van der Waals surface area contributed by atoms with E-state index in [1.165, 1.54) is 44.9 Å². The Balaban J connectivity index is 1.49. The maximum Gasteiger partial charge on any atom is 0.134 e. The average Bonchev–Trinajstić information content (AvgIpc) is 2.97. The second-order valence-corrected chi connectivity index (χ2v) is 6.28. The van der Waals surface area contributed by atoms with E-state index >= 15 is 0 Å². The molecule has 0 saturated carbocycles. The highest BCUT2D eigenvalue weighted by atomic mass is 79.9. The molecule has 0 aliphatic heterocycles. The fourth-order valence-electron chi connectivity index (χ4n) is 2.48. The van der Waals surface area contributed by atoms with Crippen LogP contribution < -0.4 is 4.74 Å². The molecule has 2 rings (SSSR count). The van der Waals surface area contributed by atoms with Gasteiger partial charge in [-0.05, 0) is 37.1 Å². The normalized spacial score (nSPS) is 11.1. The van der Waals surface area contributed by atoms with Gasteiger partial charge in [0.05, 0.1) is 12.9 Å². The van der Waals surface area contributed by atoms with Crippen molar-refractivity contribution in [2.75, 3.05) is 11.9 Å². The largest absolute Gasteiger partial charge is 0.494 e. The number of ether oxygens (including phenoxy) is 1. The van der Waals surface area contributed by atoms with Gasteiger partial charge in [0.15, 0.2) is 0 Å². The first-order valence-corrected chi connectivity index (χ1v) is 9.18. The van der Waals surface area contributed by atoms with Crippen LogP contribution >= 0.6 is 15.9 Å². The fraction of sp³-hybridized carbons (Fsp3) is 0.556. The van der Waals surface area contributed by atoms with Crippen LogP contribution in [0.3, 0.4) is 0 Å². The Bertz CT molecular complexity index is 507. The predicted molar refractivity (Wildman–Crippen MR) is 92.4 cm³/mol. The van der Waals surface area contributed by atoms with Gasteiger partial charge in [-0.25, -0.2) is 0 Å². The van der Waals surface area contributed by atoms with Gasteiger partial charge < -0.3 is 9.15 Å². The first-order valence-electron chi connectivity index (χ1n) is 8.06. The Morgan fingerprint density at radius 2 is 1.57 bits per heavy atom. The number of benzene rings is 1. The number of hydrogen-bond acceptors (Lipinski definition) is 2. The summed E-state index contributed by atoms with van der Waals surface area (Å²) in [6, 6.07) is 7.97. The van der Waals surface area contributed by atoms with Crippen molar-refractivity contribution in [3.05, 3.63) is 30.5 Å². The number of furan rings is 1. The third kappa shape index (κ3) is 6.13. The third-order valence-electron chi connectivity index (χ3n) is 3.72. The Labute approximate surface area is 136 Å². The number of rotatable bonds is 11. The summed E-state index contributed by atoms with van der Waals surface area (Å²) >= 11 is 3.47. The van der Waals surface area contributed by atoms with Crippen LogP contribution in [0.1, 0.15) is 51.4 Å². The van der Waals surface area contributed by atoms with Gasteiger partial charge in [0.25, 0.3) is 0 Å². The standard InChI is InChI=1S/C18H25BrO2/c19-12-7-5-3-1-2-4-6-8-13-20-17-9-10-18-16(15-17)11-14-21-18/h9-11,14-15H,1-8,12-13H2. The molecule has 2 aromatic rings. The lowest BCUT2D eigenvalue weighted by Crippen LogP contribution is -1.97. The number of unbranched alkanes of at least 4 members (excludes halogenated alkanes) is 7. The highest BCUT2D eigenvalue weighted by Gasteiger charge is 1.99. The van der Waals surface area contributed by atoms with Crippen molar-refractivity contribution < 1.29 is 9.15 Å². The van der Waals surface area contributed by atoms with Crippen LogP contribution in [0.4, 0.5) is 0 Å². The summed E-state index contributed by atoms with van der Waals surface area (Å²) in [5.74, 6) is 0.943. The van der Waals surface area contributed by atoms with Crippen molar-refractivity contribution in [1.29, 1.82) is 0 Å². The number of halogens is 1. The molecule has 1 heterocycles. The predicted octanol–water partition coefficient (Wildman–Crippen LogP) is 6.33. The molecule has 0 N–H and O–H groups in total. The first-order chi connectivity index (χ1) is 10.4.